The van der Waals surface area contributed by atoms with Crippen molar-refractivity contribution in [3.8, 4) is 0 Å². The monoisotopic (exact) mass is 288 g/mol. The fourth-order valence-electron chi connectivity index (χ4n) is 3.39. The van der Waals surface area contributed by atoms with Gasteiger partial charge in [-0.1, -0.05) is 26.8 Å². The molecule has 1 aliphatic heterocycles. The SMILES string of the molecule is CC(C)CC1C[C@H](c2ccc3scnc3c2)NC[C@H]1C. The molecule has 0 aliphatic carbocycles. The van der Waals surface area contributed by atoms with E-state index in [9.17, 15) is 0 Å². The average Bonchev–Trinajstić information content (AvgIpc) is 2.88. The lowest BCUT2D eigenvalue weighted by molar-refractivity contribution is 0.196. The molecule has 2 heterocycles. The second kappa shape index (κ2) is 5.82. The van der Waals surface area contributed by atoms with Gasteiger partial charge in [-0.2, -0.15) is 0 Å². The molecule has 0 radical (unpaired) electrons. The second-order valence-corrected chi connectivity index (χ2v) is 7.53. The van der Waals surface area contributed by atoms with Crippen molar-refractivity contribution in [2.24, 2.45) is 17.8 Å². The number of piperidine rings is 1. The number of hydrogen-bond acceptors (Lipinski definition) is 3. The molecule has 0 saturated carbocycles. The number of rotatable bonds is 3. The molecule has 2 aromatic rings. The van der Waals surface area contributed by atoms with Crippen LogP contribution in [0.4, 0.5) is 0 Å². The van der Waals surface area contributed by atoms with Crippen LogP contribution < -0.4 is 5.32 Å². The Morgan fingerprint density at radius 2 is 2.25 bits per heavy atom. The molecule has 0 spiro atoms. The molecule has 1 fully saturated rings. The predicted molar refractivity (Wildman–Crippen MR) is 87.1 cm³/mol. The van der Waals surface area contributed by atoms with Gasteiger partial charge in [0.1, 0.15) is 0 Å². The standard InChI is InChI=1S/C17H24N2S/c1-11(2)6-14-8-15(18-9-12(14)3)13-4-5-17-16(7-13)19-10-20-17/h4-5,7,10-12,14-15,18H,6,8-9H2,1-3H3/t12-,14?,15-/m1/s1. The van der Waals surface area contributed by atoms with Gasteiger partial charge in [-0.25, -0.2) is 4.98 Å². The van der Waals surface area contributed by atoms with E-state index in [0.717, 1.165) is 29.8 Å². The van der Waals surface area contributed by atoms with Crippen molar-refractivity contribution in [3.05, 3.63) is 29.3 Å². The summed E-state index contributed by atoms with van der Waals surface area (Å²) < 4.78 is 1.29. The fraction of sp³-hybridized carbons (Fsp3) is 0.588. The Kier molecular flexibility index (Phi) is 4.08. The van der Waals surface area contributed by atoms with Gasteiger partial charge in [0.25, 0.3) is 0 Å². The summed E-state index contributed by atoms with van der Waals surface area (Å²) in [5.41, 5.74) is 4.49. The molecule has 20 heavy (non-hydrogen) atoms. The smallest absolute Gasteiger partial charge is 0.0815 e. The topological polar surface area (TPSA) is 24.9 Å². The first-order valence-electron chi connectivity index (χ1n) is 7.70. The summed E-state index contributed by atoms with van der Waals surface area (Å²) in [6.45, 7) is 8.20. The summed E-state index contributed by atoms with van der Waals surface area (Å²) in [5.74, 6) is 2.42. The summed E-state index contributed by atoms with van der Waals surface area (Å²) in [5, 5.41) is 3.72. The molecular formula is C17H24N2S. The first-order valence-corrected chi connectivity index (χ1v) is 8.58. The Morgan fingerprint density at radius 1 is 1.40 bits per heavy atom. The van der Waals surface area contributed by atoms with Crippen LogP contribution in [0.25, 0.3) is 10.2 Å². The zero-order chi connectivity index (χ0) is 14.1. The van der Waals surface area contributed by atoms with E-state index in [-0.39, 0.29) is 0 Å². The first-order chi connectivity index (χ1) is 9.63. The number of benzene rings is 1. The molecule has 1 saturated heterocycles. The molecule has 3 rings (SSSR count). The maximum Gasteiger partial charge on any atom is 0.0815 e. The number of fused-ring (bicyclic) bond motifs is 1. The van der Waals surface area contributed by atoms with E-state index in [2.05, 4.69) is 49.3 Å². The van der Waals surface area contributed by atoms with Crippen LogP contribution >= 0.6 is 11.3 Å². The lowest BCUT2D eigenvalue weighted by Gasteiger charge is -2.36. The van der Waals surface area contributed by atoms with Crippen LogP contribution in [0.3, 0.4) is 0 Å². The lowest BCUT2D eigenvalue weighted by Crippen LogP contribution is -2.38. The molecule has 1 N–H and O–H groups in total. The molecule has 3 heteroatoms. The summed E-state index contributed by atoms with van der Waals surface area (Å²) in [4.78, 5) is 4.45. The molecule has 2 nitrogen and oxygen atoms in total. The summed E-state index contributed by atoms with van der Waals surface area (Å²) in [6, 6.07) is 7.27. The third kappa shape index (κ3) is 2.89. The summed E-state index contributed by atoms with van der Waals surface area (Å²) >= 11 is 1.72. The van der Waals surface area contributed by atoms with E-state index >= 15 is 0 Å². The minimum Gasteiger partial charge on any atom is -0.310 e. The first kappa shape index (κ1) is 14.0. The quantitative estimate of drug-likeness (QED) is 0.890. The Labute approximate surface area is 125 Å². The van der Waals surface area contributed by atoms with Gasteiger partial charge in [0.05, 0.1) is 15.7 Å². The van der Waals surface area contributed by atoms with Gasteiger partial charge < -0.3 is 5.32 Å². The fourth-order valence-corrected chi connectivity index (χ4v) is 4.05. The number of nitrogens with one attached hydrogen (secondary N) is 1. The van der Waals surface area contributed by atoms with Crippen LogP contribution in [0.5, 0.6) is 0 Å². The molecule has 1 aliphatic rings. The van der Waals surface area contributed by atoms with E-state index < -0.39 is 0 Å². The van der Waals surface area contributed by atoms with Gasteiger partial charge in [-0.3, -0.25) is 0 Å². The van der Waals surface area contributed by atoms with Crippen LogP contribution in [0.1, 0.15) is 45.2 Å². The molecule has 1 unspecified atom stereocenters. The number of aromatic nitrogens is 1. The highest BCUT2D eigenvalue weighted by molar-refractivity contribution is 7.16. The van der Waals surface area contributed by atoms with Crippen molar-refractivity contribution in [2.75, 3.05) is 6.54 Å². The highest BCUT2D eigenvalue weighted by atomic mass is 32.1. The van der Waals surface area contributed by atoms with Crippen LogP contribution in [0.15, 0.2) is 23.7 Å². The zero-order valence-corrected chi connectivity index (χ0v) is 13.4. The number of hydrogen-bond donors (Lipinski definition) is 1. The van der Waals surface area contributed by atoms with Gasteiger partial charge in [0.15, 0.2) is 0 Å². The molecule has 1 aromatic heterocycles. The normalized spacial score (nSPS) is 27.3. The van der Waals surface area contributed by atoms with Crippen molar-refractivity contribution in [3.63, 3.8) is 0 Å². The van der Waals surface area contributed by atoms with Crippen LogP contribution in [-0.2, 0) is 0 Å². The van der Waals surface area contributed by atoms with E-state index in [1.165, 1.54) is 23.1 Å². The molecule has 108 valence electrons. The number of thiazole rings is 1. The van der Waals surface area contributed by atoms with Gasteiger partial charge in [0, 0.05) is 6.04 Å². The highest BCUT2D eigenvalue weighted by Crippen LogP contribution is 2.35. The van der Waals surface area contributed by atoms with Crippen molar-refractivity contribution in [1.29, 1.82) is 0 Å². The second-order valence-electron chi connectivity index (χ2n) is 6.64. The molecular weight excluding hydrogens is 264 g/mol. The van der Waals surface area contributed by atoms with Gasteiger partial charge >= 0.3 is 0 Å². The molecule has 0 bridgehead atoms. The third-order valence-electron chi connectivity index (χ3n) is 4.56. The summed E-state index contributed by atoms with van der Waals surface area (Å²) in [6.07, 6.45) is 2.60. The van der Waals surface area contributed by atoms with E-state index in [4.69, 9.17) is 0 Å². The predicted octanol–water partition coefficient (Wildman–Crippen LogP) is 4.63. The van der Waals surface area contributed by atoms with Crippen molar-refractivity contribution in [2.45, 2.75) is 39.7 Å². The van der Waals surface area contributed by atoms with Gasteiger partial charge in [0.2, 0.25) is 0 Å². The minimum absolute atomic E-state index is 0.501. The minimum atomic E-state index is 0.501. The van der Waals surface area contributed by atoms with Crippen LogP contribution in [0, 0.1) is 17.8 Å². The Balaban J connectivity index is 1.79. The van der Waals surface area contributed by atoms with Gasteiger partial charge in [-0.15, -0.1) is 11.3 Å². The van der Waals surface area contributed by atoms with Crippen LogP contribution in [0.2, 0.25) is 0 Å². The van der Waals surface area contributed by atoms with Crippen molar-refractivity contribution in [1.82, 2.24) is 10.3 Å². The van der Waals surface area contributed by atoms with Gasteiger partial charge in [-0.05, 0) is 54.8 Å². The zero-order valence-electron chi connectivity index (χ0n) is 12.6. The van der Waals surface area contributed by atoms with Crippen molar-refractivity contribution >= 4 is 21.6 Å². The van der Waals surface area contributed by atoms with Crippen molar-refractivity contribution < 1.29 is 0 Å². The molecule has 0 amide bonds. The van der Waals surface area contributed by atoms with E-state index in [1.54, 1.807) is 11.3 Å². The third-order valence-corrected chi connectivity index (χ3v) is 5.37. The van der Waals surface area contributed by atoms with Crippen LogP contribution in [-0.4, -0.2) is 11.5 Å². The Morgan fingerprint density at radius 3 is 3.05 bits per heavy atom. The summed E-state index contributed by atoms with van der Waals surface area (Å²) in [7, 11) is 0. The average molecular weight is 288 g/mol. The van der Waals surface area contributed by atoms with E-state index in [0.29, 0.717) is 6.04 Å². The molecule has 3 atom stereocenters. The maximum absolute atomic E-state index is 4.45. The maximum atomic E-state index is 4.45. The Hall–Kier alpha value is -0.930. The van der Waals surface area contributed by atoms with E-state index in [1.807, 2.05) is 5.51 Å². The highest BCUT2D eigenvalue weighted by Gasteiger charge is 2.28. The molecule has 1 aromatic carbocycles. The largest absolute Gasteiger partial charge is 0.310 e. The lowest BCUT2D eigenvalue weighted by atomic mass is 9.78. The number of nitrogens with zero attached hydrogens (tertiary/aromatic N) is 1. The Bertz CT molecular complexity index is 575.